The van der Waals surface area contributed by atoms with Crippen molar-refractivity contribution in [2.75, 3.05) is 12.8 Å². The van der Waals surface area contributed by atoms with Gasteiger partial charge in [-0.15, -0.1) is 23.1 Å². The van der Waals surface area contributed by atoms with Crippen LogP contribution in [0.15, 0.2) is 56.8 Å². The second-order valence-corrected chi connectivity index (χ2v) is 8.17. The van der Waals surface area contributed by atoms with E-state index in [1.54, 1.807) is 23.1 Å². The van der Waals surface area contributed by atoms with E-state index in [1.807, 2.05) is 10.9 Å². The monoisotopic (exact) mass is 395 g/mol. The van der Waals surface area contributed by atoms with Gasteiger partial charge in [-0.3, -0.25) is 4.99 Å². The van der Waals surface area contributed by atoms with Gasteiger partial charge < -0.3 is 0 Å². The van der Waals surface area contributed by atoms with Crippen molar-refractivity contribution in [3.05, 3.63) is 68.8 Å². The molecule has 0 saturated carbocycles. The lowest BCUT2D eigenvalue weighted by Crippen LogP contribution is -2.12. The molecular weight excluding hydrogens is 370 g/mol. The lowest BCUT2D eigenvalue weighted by Gasteiger charge is -2.10. The van der Waals surface area contributed by atoms with Gasteiger partial charge in [-0.05, 0) is 74.4 Å². The van der Waals surface area contributed by atoms with Crippen molar-refractivity contribution < 1.29 is 0 Å². The maximum absolute atomic E-state index is 4.78. The molecule has 0 fully saturated rings. The van der Waals surface area contributed by atoms with Crippen LogP contribution in [0, 0.1) is 20.8 Å². The third kappa shape index (κ3) is 4.42. The van der Waals surface area contributed by atoms with Crippen LogP contribution < -0.4 is 4.80 Å². The number of hydrogen-bond acceptors (Lipinski definition) is 4. The SMILES string of the molecule is CCN=c1scc(-c2cc(C)c(C)cc2C)n1N=Cc1ccc(SC)cc1. The number of aromatic nitrogens is 1. The van der Waals surface area contributed by atoms with Gasteiger partial charge in [0.1, 0.15) is 0 Å². The van der Waals surface area contributed by atoms with E-state index in [0.717, 1.165) is 22.6 Å². The summed E-state index contributed by atoms with van der Waals surface area (Å²) in [7, 11) is 0. The number of aryl methyl sites for hydroxylation is 3. The number of rotatable bonds is 5. The number of hydrogen-bond donors (Lipinski definition) is 0. The fourth-order valence-corrected chi connectivity index (χ4v) is 4.19. The minimum atomic E-state index is 0.740. The Morgan fingerprint density at radius 1 is 1.04 bits per heavy atom. The van der Waals surface area contributed by atoms with Crippen molar-refractivity contribution in [3.63, 3.8) is 0 Å². The summed E-state index contributed by atoms with van der Waals surface area (Å²) < 4.78 is 1.97. The summed E-state index contributed by atoms with van der Waals surface area (Å²) in [5.74, 6) is 0. The van der Waals surface area contributed by atoms with Gasteiger partial charge in [0.2, 0.25) is 4.80 Å². The van der Waals surface area contributed by atoms with Crippen molar-refractivity contribution in [1.82, 2.24) is 4.68 Å². The fraction of sp³-hybridized carbons (Fsp3) is 0.273. The van der Waals surface area contributed by atoms with Gasteiger partial charge in [-0.2, -0.15) is 5.10 Å². The third-order valence-corrected chi connectivity index (χ3v) is 6.13. The van der Waals surface area contributed by atoms with Gasteiger partial charge in [0, 0.05) is 22.4 Å². The summed E-state index contributed by atoms with van der Waals surface area (Å²) in [4.78, 5) is 6.80. The molecule has 0 atom stereocenters. The highest BCUT2D eigenvalue weighted by atomic mass is 32.2. The van der Waals surface area contributed by atoms with Gasteiger partial charge in [0.05, 0.1) is 11.9 Å². The van der Waals surface area contributed by atoms with E-state index in [9.17, 15) is 0 Å². The molecule has 1 heterocycles. The summed E-state index contributed by atoms with van der Waals surface area (Å²) >= 11 is 3.38. The van der Waals surface area contributed by atoms with Crippen molar-refractivity contribution >= 4 is 29.3 Å². The molecule has 0 bridgehead atoms. The normalized spacial score (nSPS) is 12.3. The Labute approximate surface area is 169 Å². The molecule has 140 valence electrons. The van der Waals surface area contributed by atoms with Crippen molar-refractivity contribution in [1.29, 1.82) is 0 Å². The zero-order valence-corrected chi connectivity index (χ0v) is 18.1. The standard InChI is InChI=1S/C22H25N3S2/c1-6-23-22-25(24-13-18-7-9-19(26-5)10-8-18)21(14-27-22)20-12-16(3)15(2)11-17(20)4/h7-14H,6H2,1-5H3. The summed E-state index contributed by atoms with van der Waals surface area (Å²) in [5.41, 5.74) is 7.24. The van der Waals surface area contributed by atoms with Crippen LogP contribution in [0.4, 0.5) is 0 Å². The average molecular weight is 396 g/mol. The zero-order valence-electron chi connectivity index (χ0n) is 16.5. The van der Waals surface area contributed by atoms with Crippen molar-refractivity contribution in [2.45, 2.75) is 32.6 Å². The van der Waals surface area contributed by atoms with Crippen LogP contribution >= 0.6 is 23.1 Å². The molecule has 3 aromatic rings. The van der Waals surface area contributed by atoms with E-state index in [1.165, 1.54) is 27.1 Å². The number of thioether (sulfide) groups is 1. The van der Waals surface area contributed by atoms with Crippen LogP contribution in [0.1, 0.15) is 29.2 Å². The van der Waals surface area contributed by atoms with Crippen LogP contribution in [0.5, 0.6) is 0 Å². The summed E-state index contributed by atoms with van der Waals surface area (Å²) in [6.07, 6.45) is 3.99. The molecule has 0 aliphatic heterocycles. The first-order valence-corrected chi connectivity index (χ1v) is 11.1. The topological polar surface area (TPSA) is 29.6 Å². The smallest absolute Gasteiger partial charge is 0.206 e. The van der Waals surface area contributed by atoms with E-state index in [4.69, 9.17) is 5.10 Å². The third-order valence-electron chi connectivity index (χ3n) is 4.53. The van der Waals surface area contributed by atoms with E-state index in [2.05, 4.69) is 80.7 Å². The molecule has 0 amide bonds. The molecule has 27 heavy (non-hydrogen) atoms. The van der Waals surface area contributed by atoms with E-state index in [0.29, 0.717) is 0 Å². The minimum absolute atomic E-state index is 0.740. The fourth-order valence-electron chi connectivity index (χ4n) is 2.89. The maximum Gasteiger partial charge on any atom is 0.206 e. The first kappa shape index (κ1) is 19.6. The summed E-state index contributed by atoms with van der Waals surface area (Å²) in [6.45, 7) is 9.26. The van der Waals surface area contributed by atoms with Crippen LogP contribution in [0.3, 0.4) is 0 Å². The Hall–Kier alpha value is -2.11. The van der Waals surface area contributed by atoms with E-state index >= 15 is 0 Å². The highest BCUT2D eigenvalue weighted by Gasteiger charge is 2.11. The summed E-state index contributed by atoms with van der Waals surface area (Å²) in [5, 5.41) is 6.93. The molecule has 0 radical (unpaired) electrons. The Balaban J connectivity index is 2.08. The number of benzene rings is 2. The molecule has 0 N–H and O–H groups in total. The van der Waals surface area contributed by atoms with Crippen LogP contribution in [0.25, 0.3) is 11.3 Å². The molecule has 3 rings (SSSR count). The second kappa shape index (κ2) is 8.72. The molecule has 3 nitrogen and oxygen atoms in total. The predicted octanol–water partition coefficient (Wildman–Crippen LogP) is 5.67. The van der Waals surface area contributed by atoms with Crippen molar-refractivity contribution in [2.24, 2.45) is 10.1 Å². The molecule has 1 aromatic heterocycles. The zero-order chi connectivity index (χ0) is 19.4. The Bertz CT molecular complexity index is 1020. The number of thiazole rings is 1. The largest absolute Gasteiger partial charge is 0.258 e. The van der Waals surface area contributed by atoms with Crippen LogP contribution in [0.2, 0.25) is 0 Å². The van der Waals surface area contributed by atoms with E-state index < -0.39 is 0 Å². The van der Waals surface area contributed by atoms with Gasteiger partial charge in [0.15, 0.2) is 0 Å². The maximum atomic E-state index is 4.78. The lowest BCUT2D eigenvalue weighted by atomic mass is 9.99. The first-order valence-electron chi connectivity index (χ1n) is 9.01. The lowest BCUT2D eigenvalue weighted by molar-refractivity contribution is 0.832. The van der Waals surface area contributed by atoms with Gasteiger partial charge in [-0.25, -0.2) is 4.68 Å². The highest BCUT2D eigenvalue weighted by molar-refractivity contribution is 7.98. The van der Waals surface area contributed by atoms with Gasteiger partial charge >= 0.3 is 0 Å². The van der Waals surface area contributed by atoms with Crippen LogP contribution in [-0.4, -0.2) is 23.7 Å². The average Bonchev–Trinajstić information content (AvgIpc) is 3.06. The number of nitrogens with zero attached hydrogens (tertiary/aromatic N) is 3. The van der Waals surface area contributed by atoms with Crippen molar-refractivity contribution in [3.8, 4) is 11.3 Å². The molecule has 0 unspecified atom stereocenters. The molecule has 0 spiro atoms. The first-order chi connectivity index (χ1) is 13.0. The Morgan fingerprint density at radius 2 is 1.74 bits per heavy atom. The Kier molecular flexibility index (Phi) is 6.34. The molecule has 0 aliphatic rings. The minimum Gasteiger partial charge on any atom is -0.258 e. The summed E-state index contributed by atoms with van der Waals surface area (Å²) in [6, 6.07) is 12.9. The quantitative estimate of drug-likeness (QED) is 0.404. The molecule has 2 aromatic carbocycles. The molecule has 0 aliphatic carbocycles. The Morgan fingerprint density at radius 3 is 2.41 bits per heavy atom. The predicted molar refractivity (Wildman–Crippen MR) is 119 cm³/mol. The highest BCUT2D eigenvalue weighted by Crippen LogP contribution is 2.27. The molecule has 5 heteroatoms. The van der Waals surface area contributed by atoms with Gasteiger partial charge in [0.25, 0.3) is 0 Å². The molecule has 0 saturated heterocycles. The second-order valence-electron chi connectivity index (χ2n) is 6.46. The van der Waals surface area contributed by atoms with E-state index in [-0.39, 0.29) is 0 Å². The van der Waals surface area contributed by atoms with Crippen LogP contribution in [-0.2, 0) is 0 Å². The van der Waals surface area contributed by atoms with Gasteiger partial charge in [-0.1, -0.05) is 18.2 Å². The molecular formula is C22H25N3S2.